The second-order valence-electron chi connectivity index (χ2n) is 10.2. The van der Waals surface area contributed by atoms with Crippen molar-refractivity contribution < 1.29 is 9.59 Å². The van der Waals surface area contributed by atoms with Crippen LogP contribution >= 0.6 is 0 Å². The van der Waals surface area contributed by atoms with Crippen molar-refractivity contribution in [1.82, 2.24) is 19.6 Å². The van der Waals surface area contributed by atoms with E-state index in [1.807, 2.05) is 64.4 Å². The summed E-state index contributed by atoms with van der Waals surface area (Å²) in [5, 5.41) is 0. The van der Waals surface area contributed by atoms with Gasteiger partial charge in [-0.3, -0.25) is 19.4 Å². The van der Waals surface area contributed by atoms with Crippen LogP contribution in [0.15, 0.2) is 54.6 Å². The van der Waals surface area contributed by atoms with Crippen LogP contribution < -0.4 is 0 Å². The second-order valence-corrected chi connectivity index (χ2v) is 10.2. The number of hydrogen-bond acceptors (Lipinski definition) is 4. The maximum atomic E-state index is 13.4. The Labute approximate surface area is 209 Å². The highest BCUT2D eigenvalue weighted by atomic mass is 16.2. The van der Waals surface area contributed by atoms with Crippen molar-refractivity contribution in [2.24, 2.45) is 0 Å². The molecule has 35 heavy (non-hydrogen) atoms. The number of hydrogen-bond donors (Lipinski definition) is 0. The molecule has 0 spiro atoms. The lowest BCUT2D eigenvalue weighted by Crippen LogP contribution is -2.55. The largest absolute Gasteiger partial charge is 0.339 e. The van der Waals surface area contributed by atoms with E-state index in [1.165, 1.54) is 32.1 Å². The third-order valence-electron chi connectivity index (χ3n) is 8.02. The van der Waals surface area contributed by atoms with E-state index in [0.717, 1.165) is 62.0 Å². The number of carbonyl (C=O) groups excluding carboxylic acids is 2. The predicted octanol–water partition coefficient (Wildman–Crippen LogP) is 3.59. The molecule has 1 saturated carbocycles. The van der Waals surface area contributed by atoms with E-state index in [-0.39, 0.29) is 11.8 Å². The zero-order chi connectivity index (χ0) is 24.0. The van der Waals surface area contributed by atoms with Crippen molar-refractivity contribution >= 4 is 11.8 Å². The van der Waals surface area contributed by atoms with E-state index in [1.54, 1.807) is 0 Å². The molecule has 2 saturated heterocycles. The van der Waals surface area contributed by atoms with Crippen LogP contribution in [0.4, 0.5) is 0 Å². The lowest BCUT2D eigenvalue weighted by atomic mass is 9.94. The van der Waals surface area contributed by atoms with E-state index in [2.05, 4.69) is 9.80 Å². The molecule has 2 amide bonds. The molecule has 2 aliphatic heterocycles. The maximum Gasteiger partial charge on any atom is 0.254 e. The highest BCUT2D eigenvalue weighted by molar-refractivity contribution is 6.01. The van der Waals surface area contributed by atoms with E-state index >= 15 is 0 Å². The predicted molar refractivity (Wildman–Crippen MR) is 139 cm³/mol. The molecule has 2 aromatic carbocycles. The van der Waals surface area contributed by atoms with E-state index in [9.17, 15) is 9.59 Å². The van der Waals surface area contributed by atoms with Crippen LogP contribution in [0.3, 0.4) is 0 Å². The fraction of sp³-hybridized carbons (Fsp3) is 0.517. The molecule has 186 valence electrons. The van der Waals surface area contributed by atoms with Gasteiger partial charge in [-0.1, -0.05) is 67.8 Å². The summed E-state index contributed by atoms with van der Waals surface area (Å²) in [7, 11) is 0. The molecular formula is C29H38N4O2. The zero-order valence-electron chi connectivity index (χ0n) is 20.8. The molecule has 0 aromatic heterocycles. The minimum absolute atomic E-state index is 0.0780. The molecule has 0 unspecified atom stereocenters. The van der Waals surface area contributed by atoms with Gasteiger partial charge in [0.25, 0.3) is 5.91 Å². The van der Waals surface area contributed by atoms with Gasteiger partial charge < -0.3 is 9.80 Å². The monoisotopic (exact) mass is 474 g/mol. The second kappa shape index (κ2) is 11.4. The van der Waals surface area contributed by atoms with E-state index < -0.39 is 0 Å². The number of carbonyl (C=O) groups is 2. The molecule has 3 fully saturated rings. The fourth-order valence-corrected chi connectivity index (χ4v) is 5.89. The Hall–Kier alpha value is -2.70. The lowest BCUT2D eigenvalue weighted by molar-refractivity contribution is -0.135. The van der Waals surface area contributed by atoms with Crippen LogP contribution in [0.2, 0.25) is 0 Å². The highest BCUT2D eigenvalue weighted by Gasteiger charge is 2.29. The molecule has 2 heterocycles. The molecule has 2 aromatic rings. The van der Waals surface area contributed by atoms with E-state index in [4.69, 9.17) is 0 Å². The molecule has 0 bridgehead atoms. The highest BCUT2D eigenvalue weighted by Crippen LogP contribution is 2.25. The minimum atomic E-state index is 0.0780. The Morgan fingerprint density at radius 1 is 0.686 bits per heavy atom. The Bertz CT molecular complexity index is 989. The molecule has 5 rings (SSSR count). The third kappa shape index (κ3) is 5.76. The average Bonchev–Trinajstić information content (AvgIpc) is 2.94. The summed E-state index contributed by atoms with van der Waals surface area (Å²) in [4.78, 5) is 35.1. The number of benzene rings is 2. The van der Waals surface area contributed by atoms with Crippen molar-refractivity contribution in [2.45, 2.75) is 38.1 Å². The van der Waals surface area contributed by atoms with Gasteiger partial charge in [-0.2, -0.15) is 0 Å². The molecular weight excluding hydrogens is 436 g/mol. The first-order chi connectivity index (χ1) is 17.2. The van der Waals surface area contributed by atoms with Crippen LogP contribution in [-0.4, -0.2) is 96.4 Å². The molecule has 0 N–H and O–H groups in total. The average molecular weight is 475 g/mol. The summed E-state index contributed by atoms with van der Waals surface area (Å²) in [5.41, 5.74) is 2.78. The smallest absolute Gasteiger partial charge is 0.254 e. The van der Waals surface area contributed by atoms with Crippen LogP contribution in [0.5, 0.6) is 0 Å². The molecule has 6 heteroatoms. The Kier molecular flexibility index (Phi) is 7.79. The number of rotatable bonds is 5. The van der Waals surface area contributed by atoms with Gasteiger partial charge in [0.2, 0.25) is 5.91 Å². The van der Waals surface area contributed by atoms with Gasteiger partial charge in [0.15, 0.2) is 0 Å². The van der Waals surface area contributed by atoms with Gasteiger partial charge in [-0.05, 0) is 30.0 Å². The van der Waals surface area contributed by atoms with Gasteiger partial charge >= 0.3 is 0 Å². The van der Waals surface area contributed by atoms with Gasteiger partial charge in [0, 0.05) is 64.0 Å². The molecule has 6 nitrogen and oxygen atoms in total. The lowest BCUT2D eigenvalue weighted by Gasteiger charge is -2.41. The summed E-state index contributed by atoms with van der Waals surface area (Å²) in [6.07, 6.45) is 6.75. The van der Waals surface area contributed by atoms with Crippen molar-refractivity contribution in [3.8, 4) is 11.1 Å². The molecule has 0 atom stereocenters. The third-order valence-corrected chi connectivity index (χ3v) is 8.02. The first kappa shape index (κ1) is 24.0. The Morgan fingerprint density at radius 2 is 1.31 bits per heavy atom. The van der Waals surface area contributed by atoms with Crippen molar-refractivity contribution in [3.63, 3.8) is 0 Å². The Morgan fingerprint density at radius 3 is 2.03 bits per heavy atom. The SMILES string of the molecule is O=C(CN1CCN(C(=O)c2ccccc2-c2ccccc2)CC1)N1CCN(C2CCCCC2)CC1. The first-order valence-corrected chi connectivity index (χ1v) is 13.4. The standard InChI is InChI=1S/C29H38N4O2/c34-28(32-21-19-31(20-22-32)25-11-5-2-6-12-25)23-30-15-17-33(18-16-30)29(35)27-14-8-7-13-26(27)24-9-3-1-4-10-24/h1,3-4,7-10,13-14,25H,2,5-6,11-12,15-23H2. The minimum Gasteiger partial charge on any atom is -0.339 e. The number of amides is 2. The van der Waals surface area contributed by atoms with Crippen LogP contribution in [0.1, 0.15) is 42.5 Å². The van der Waals surface area contributed by atoms with Crippen molar-refractivity contribution in [1.29, 1.82) is 0 Å². The first-order valence-electron chi connectivity index (χ1n) is 13.4. The van der Waals surface area contributed by atoms with Gasteiger partial charge in [0.1, 0.15) is 0 Å². The molecule has 3 aliphatic rings. The van der Waals surface area contributed by atoms with Crippen molar-refractivity contribution in [3.05, 3.63) is 60.2 Å². The fourth-order valence-electron chi connectivity index (χ4n) is 5.89. The maximum absolute atomic E-state index is 13.4. The number of nitrogens with zero attached hydrogens (tertiary/aromatic N) is 4. The normalized spacial score (nSPS) is 20.7. The summed E-state index contributed by atoms with van der Waals surface area (Å²) >= 11 is 0. The summed E-state index contributed by atoms with van der Waals surface area (Å²) in [6, 6.07) is 18.7. The Balaban J connectivity index is 1.11. The van der Waals surface area contributed by atoms with Gasteiger partial charge in [0.05, 0.1) is 6.54 Å². The van der Waals surface area contributed by atoms with Gasteiger partial charge in [-0.25, -0.2) is 0 Å². The summed E-state index contributed by atoms with van der Waals surface area (Å²) in [6.45, 7) is 6.99. The topological polar surface area (TPSA) is 47.1 Å². The van der Waals surface area contributed by atoms with Gasteiger partial charge in [-0.15, -0.1) is 0 Å². The van der Waals surface area contributed by atoms with E-state index in [0.29, 0.717) is 19.6 Å². The summed E-state index contributed by atoms with van der Waals surface area (Å²) < 4.78 is 0. The summed E-state index contributed by atoms with van der Waals surface area (Å²) in [5.74, 6) is 0.316. The van der Waals surface area contributed by atoms with Crippen LogP contribution in [-0.2, 0) is 4.79 Å². The number of piperazine rings is 2. The molecule has 0 radical (unpaired) electrons. The molecule has 1 aliphatic carbocycles. The zero-order valence-corrected chi connectivity index (χ0v) is 20.8. The quantitative estimate of drug-likeness (QED) is 0.665. The van der Waals surface area contributed by atoms with Crippen LogP contribution in [0, 0.1) is 0 Å². The van der Waals surface area contributed by atoms with Crippen LogP contribution in [0.25, 0.3) is 11.1 Å². The van der Waals surface area contributed by atoms with Crippen molar-refractivity contribution in [2.75, 3.05) is 58.9 Å².